The maximum atomic E-state index is 9.72. The van der Waals surface area contributed by atoms with E-state index in [1.54, 1.807) is 13.8 Å². The van der Waals surface area contributed by atoms with Crippen molar-refractivity contribution in [2.75, 3.05) is 6.54 Å². The van der Waals surface area contributed by atoms with Crippen molar-refractivity contribution in [1.82, 2.24) is 10.3 Å². The summed E-state index contributed by atoms with van der Waals surface area (Å²) in [5, 5.41) is 13.1. The van der Waals surface area contributed by atoms with Crippen molar-refractivity contribution in [3.05, 3.63) is 28.6 Å². The largest absolute Gasteiger partial charge is 0.389 e. The first kappa shape index (κ1) is 14.1. The number of hydrogen-bond donors (Lipinski definition) is 2. The van der Waals surface area contributed by atoms with Crippen LogP contribution in [0.2, 0.25) is 0 Å². The standard InChI is InChI=1S/C14H24N2O/c1-9-7-10(2)16-12(4)13(9)11(3)15-8-14(5,6)17/h7,11,15,17H,8H2,1-6H3. The molecule has 17 heavy (non-hydrogen) atoms. The van der Waals surface area contributed by atoms with Crippen molar-refractivity contribution in [1.29, 1.82) is 0 Å². The van der Waals surface area contributed by atoms with Gasteiger partial charge in [0.25, 0.3) is 0 Å². The van der Waals surface area contributed by atoms with E-state index in [-0.39, 0.29) is 6.04 Å². The lowest BCUT2D eigenvalue weighted by atomic mass is 9.99. The van der Waals surface area contributed by atoms with Crippen LogP contribution in [0.3, 0.4) is 0 Å². The summed E-state index contributed by atoms with van der Waals surface area (Å²) in [6.45, 7) is 12.5. The predicted molar refractivity (Wildman–Crippen MR) is 71.2 cm³/mol. The third-order valence-corrected chi connectivity index (χ3v) is 2.86. The van der Waals surface area contributed by atoms with E-state index in [1.165, 1.54) is 11.1 Å². The zero-order valence-electron chi connectivity index (χ0n) is 11.8. The highest BCUT2D eigenvalue weighted by Crippen LogP contribution is 2.21. The van der Waals surface area contributed by atoms with Gasteiger partial charge in [-0.1, -0.05) is 0 Å². The van der Waals surface area contributed by atoms with E-state index >= 15 is 0 Å². The van der Waals surface area contributed by atoms with E-state index in [0.717, 1.165) is 11.4 Å². The van der Waals surface area contributed by atoms with Gasteiger partial charge in [0.15, 0.2) is 0 Å². The molecule has 1 aromatic heterocycles. The highest BCUT2D eigenvalue weighted by Gasteiger charge is 2.17. The molecule has 0 spiro atoms. The average Bonchev–Trinajstić information content (AvgIpc) is 2.11. The molecule has 1 atom stereocenters. The molecule has 1 heterocycles. The van der Waals surface area contributed by atoms with Gasteiger partial charge < -0.3 is 10.4 Å². The molecule has 0 aromatic carbocycles. The quantitative estimate of drug-likeness (QED) is 0.844. The molecular formula is C14H24N2O. The summed E-state index contributed by atoms with van der Waals surface area (Å²) in [7, 11) is 0. The molecule has 0 amide bonds. The van der Waals surface area contributed by atoms with Crippen molar-refractivity contribution in [3.63, 3.8) is 0 Å². The lowest BCUT2D eigenvalue weighted by Gasteiger charge is -2.24. The SMILES string of the molecule is Cc1cc(C)c(C(C)NCC(C)(C)O)c(C)n1. The second kappa shape index (κ2) is 5.15. The van der Waals surface area contributed by atoms with Crippen LogP contribution >= 0.6 is 0 Å². The molecule has 2 N–H and O–H groups in total. The summed E-state index contributed by atoms with van der Waals surface area (Å²) >= 11 is 0. The fourth-order valence-corrected chi connectivity index (χ4v) is 2.19. The molecule has 0 aliphatic rings. The van der Waals surface area contributed by atoms with Gasteiger partial charge in [-0.05, 0) is 58.7 Å². The number of aromatic nitrogens is 1. The van der Waals surface area contributed by atoms with Crippen LogP contribution in [0.5, 0.6) is 0 Å². The summed E-state index contributed by atoms with van der Waals surface area (Å²) in [4.78, 5) is 4.50. The maximum Gasteiger partial charge on any atom is 0.0715 e. The van der Waals surface area contributed by atoms with E-state index < -0.39 is 5.60 Å². The Bertz CT molecular complexity index is 371. The fourth-order valence-electron chi connectivity index (χ4n) is 2.19. The van der Waals surface area contributed by atoms with Crippen molar-refractivity contribution in [3.8, 4) is 0 Å². The maximum absolute atomic E-state index is 9.72. The molecule has 0 saturated carbocycles. The Kier molecular flexibility index (Phi) is 4.28. The monoisotopic (exact) mass is 236 g/mol. The van der Waals surface area contributed by atoms with Crippen molar-refractivity contribution in [2.24, 2.45) is 0 Å². The Morgan fingerprint density at radius 2 is 1.94 bits per heavy atom. The highest BCUT2D eigenvalue weighted by atomic mass is 16.3. The lowest BCUT2D eigenvalue weighted by Crippen LogP contribution is -2.36. The first-order valence-electron chi connectivity index (χ1n) is 6.11. The van der Waals surface area contributed by atoms with Crippen LogP contribution in [0, 0.1) is 20.8 Å². The van der Waals surface area contributed by atoms with Crippen LogP contribution in [0.25, 0.3) is 0 Å². The van der Waals surface area contributed by atoms with Gasteiger partial charge >= 0.3 is 0 Å². The molecule has 96 valence electrons. The third kappa shape index (κ3) is 4.10. The van der Waals surface area contributed by atoms with Crippen LogP contribution in [-0.4, -0.2) is 22.2 Å². The summed E-state index contributed by atoms with van der Waals surface area (Å²) in [5.41, 5.74) is 3.93. The Morgan fingerprint density at radius 1 is 1.35 bits per heavy atom. The molecule has 0 aliphatic carbocycles. The third-order valence-electron chi connectivity index (χ3n) is 2.86. The first-order chi connectivity index (χ1) is 7.70. The van der Waals surface area contributed by atoms with Crippen LogP contribution in [0.15, 0.2) is 6.07 Å². The van der Waals surface area contributed by atoms with Crippen molar-refractivity contribution in [2.45, 2.75) is 53.2 Å². The lowest BCUT2D eigenvalue weighted by molar-refractivity contribution is 0.0769. The van der Waals surface area contributed by atoms with E-state index in [0.29, 0.717) is 6.54 Å². The van der Waals surface area contributed by atoms with Crippen LogP contribution in [0.1, 0.15) is 49.3 Å². The number of hydrogen-bond acceptors (Lipinski definition) is 3. The number of aryl methyl sites for hydroxylation is 3. The van der Waals surface area contributed by atoms with Crippen molar-refractivity contribution < 1.29 is 5.11 Å². The molecule has 1 rings (SSSR count). The zero-order chi connectivity index (χ0) is 13.2. The minimum absolute atomic E-state index is 0.203. The summed E-state index contributed by atoms with van der Waals surface area (Å²) < 4.78 is 0. The topological polar surface area (TPSA) is 45.1 Å². The van der Waals surface area contributed by atoms with Crippen LogP contribution < -0.4 is 5.32 Å². The summed E-state index contributed by atoms with van der Waals surface area (Å²) in [6.07, 6.45) is 0. The molecule has 1 aromatic rings. The molecule has 0 aliphatic heterocycles. The molecule has 0 bridgehead atoms. The van der Waals surface area contributed by atoms with E-state index in [9.17, 15) is 5.11 Å². The van der Waals surface area contributed by atoms with Gasteiger partial charge in [-0.15, -0.1) is 0 Å². The number of nitrogens with zero attached hydrogens (tertiary/aromatic N) is 1. The van der Waals surface area contributed by atoms with Gasteiger partial charge in [-0.3, -0.25) is 4.98 Å². The smallest absolute Gasteiger partial charge is 0.0715 e. The van der Waals surface area contributed by atoms with E-state index in [4.69, 9.17) is 0 Å². The van der Waals surface area contributed by atoms with Gasteiger partial charge in [0, 0.05) is 24.0 Å². The molecule has 0 saturated heterocycles. The Balaban J connectivity index is 2.86. The fraction of sp³-hybridized carbons (Fsp3) is 0.643. The van der Waals surface area contributed by atoms with Gasteiger partial charge in [-0.25, -0.2) is 0 Å². The van der Waals surface area contributed by atoms with Gasteiger partial charge in [0.05, 0.1) is 5.60 Å². The van der Waals surface area contributed by atoms with Gasteiger partial charge in [0.2, 0.25) is 0 Å². The predicted octanol–water partition coefficient (Wildman–Crippen LogP) is 2.43. The highest BCUT2D eigenvalue weighted by molar-refractivity contribution is 5.33. The number of pyridine rings is 1. The van der Waals surface area contributed by atoms with Crippen LogP contribution in [0.4, 0.5) is 0 Å². The second-order valence-electron chi connectivity index (χ2n) is 5.49. The van der Waals surface area contributed by atoms with E-state index in [2.05, 4.69) is 30.2 Å². The minimum atomic E-state index is -0.686. The summed E-state index contributed by atoms with van der Waals surface area (Å²) in [5.74, 6) is 0. The normalized spacial score (nSPS) is 13.8. The van der Waals surface area contributed by atoms with Gasteiger partial charge in [0.1, 0.15) is 0 Å². The molecule has 0 radical (unpaired) electrons. The number of aliphatic hydroxyl groups is 1. The molecule has 0 fully saturated rings. The summed E-state index contributed by atoms with van der Waals surface area (Å²) in [6, 6.07) is 2.31. The minimum Gasteiger partial charge on any atom is -0.389 e. The molecular weight excluding hydrogens is 212 g/mol. The second-order valence-corrected chi connectivity index (χ2v) is 5.49. The number of nitrogens with one attached hydrogen (secondary N) is 1. The van der Waals surface area contributed by atoms with Gasteiger partial charge in [-0.2, -0.15) is 0 Å². The molecule has 1 unspecified atom stereocenters. The Hall–Kier alpha value is -0.930. The first-order valence-corrected chi connectivity index (χ1v) is 6.11. The van der Waals surface area contributed by atoms with Crippen molar-refractivity contribution >= 4 is 0 Å². The zero-order valence-corrected chi connectivity index (χ0v) is 11.8. The average molecular weight is 236 g/mol. The Morgan fingerprint density at radius 3 is 2.41 bits per heavy atom. The molecule has 3 nitrogen and oxygen atoms in total. The van der Waals surface area contributed by atoms with E-state index in [1.807, 2.05) is 13.8 Å². The molecule has 3 heteroatoms. The number of rotatable bonds is 4. The Labute approximate surface area is 104 Å². The van der Waals surface area contributed by atoms with Crippen LogP contribution in [-0.2, 0) is 0 Å².